The van der Waals surface area contributed by atoms with Crippen molar-refractivity contribution in [3.8, 4) is 6.01 Å². The summed E-state index contributed by atoms with van der Waals surface area (Å²) < 4.78 is 5.04. The number of rotatable bonds is 4. The van der Waals surface area contributed by atoms with Crippen LogP contribution in [0.1, 0.15) is 6.42 Å². The molecule has 1 unspecified atom stereocenters. The van der Waals surface area contributed by atoms with Crippen LogP contribution in [0.15, 0.2) is 0 Å². The molecule has 1 aromatic rings. The highest BCUT2D eigenvalue weighted by Gasteiger charge is 2.26. The first-order valence-electron chi connectivity index (χ1n) is 5.82. The van der Waals surface area contributed by atoms with Crippen molar-refractivity contribution in [2.45, 2.75) is 12.5 Å². The number of ether oxygens (including phenoxy) is 1. The second kappa shape index (κ2) is 5.32. The van der Waals surface area contributed by atoms with Crippen LogP contribution < -0.4 is 20.9 Å². The summed E-state index contributed by atoms with van der Waals surface area (Å²) in [7, 11) is 5.68. The Labute approximate surface area is 106 Å². The first-order chi connectivity index (χ1) is 8.63. The van der Waals surface area contributed by atoms with E-state index < -0.39 is 0 Å². The summed E-state index contributed by atoms with van der Waals surface area (Å²) in [5.41, 5.74) is 2.42. The molecule has 0 radical (unpaired) electrons. The lowest BCUT2D eigenvalue weighted by Gasteiger charge is -2.20. The molecule has 0 saturated carbocycles. The Balaban J connectivity index is 2.18. The Kier molecular flexibility index (Phi) is 3.78. The van der Waals surface area contributed by atoms with Gasteiger partial charge in [-0.15, -0.1) is 0 Å². The monoisotopic (exact) mass is 253 g/mol. The van der Waals surface area contributed by atoms with Crippen molar-refractivity contribution in [2.24, 2.45) is 5.84 Å². The minimum Gasteiger partial charge on any atom is -0.467 e. The number of likely N-dealkylation sites (N-methyl/N-ethyl adjacent to an activating group) is 1. The lowest BCUT2D eigenvalue weighted by atomic mass is 10.2. The number of nitrogens with two attached hydrogens (primary N) is 1. The van der Waals surface area contributed by atoms with Gasteiger partial charge in [-0.3, -0.25) is 5.43 Å². The van der Waals surface area contributed by atoms with E-state index in [1.165, 1.54) is 7.11 Å². The van der Waals surface area contributed by atoms with Gasteiger partial charge in [-0.1, -0.05) is 0 Å². The molecule has 2 heterocycles. The number of nitrogens with one attached hydrogen (secondary N) is 1. The average Bonchev–Trinajstić information content (AvgIpc) is 2.87. The summed E-state index contributed by atoms with van der Waals surface area (Å²) in [4.78, 5) is 16.8. The van der Waals surface area contributed by atoms with Crippen molar-refractivity contribution < 1.29 is 4.74 Å². The molecule has 1 atom stereocenters. The second-order valence-corrected chi connectivity index (χ2v) is 4.44. The van der Waals surface area contributed by atoms with Gasteiger partial charge in [0.15, 0.2) is 0 Å². The smallest absolute Gasteiger partial charge is 0.322 e. The highest BCUT2D eigenvalue weighted by atomic mass is 16.5. The zero-order valence-corrected chi connectivity index (χ0v) is 10.9. The molecule has 0 aromatic carbocycles. The molecule has 0 aliphatic carbocycles. The molecule has 1 aliphatic rings. The molecule has 100 valence electrons. The first-order valence-corrected chi connectivity index (χ1v) is 5.82. The molecule has 0 bridgehead atoms. The van der Waals surface area contributed by atoms with Crippen molar-refractivity contribution in [1.29, 1.82) is 0 Å². The Bertz CT molecular complexity index is 389. The van der Waals surface area contributed by atoms with Crippen molar-refractivity contribution in [2.75, 3.05) is 44.6 Å². The number of methoxy groups -OCH3 is 1. The van der Waals surface area contributed by atoms with Gasteiger partial charge in [-0.05, 0) is 20.5 Å². The Morgan fingerprint density at radius 1 is 1.39 bits per heavy atom. The predicted octanol–water partition coefficient (Wildman–Crippen LogP) is -0.694. The van der Waals surface area contributed by atoms with Crippen LogP contribution in [0.2, 0.25) is 0 Å². The molecule has 1 aromatic heterocycles. The standard InChI is InChI=1S/C10H19N7O/c1-16(2)7-4-5-17(6-7)9-12-8(15-11)13-10(14-9)18-3/h7H,4-6,11H2,1-3H3,(H,12,13,14,15). The van der Waals surface area contributed by atoms with Crippen molar-refractivity contribution in [3.63, 3.8) is 0 Å². The van der Waals surface area contributed by atoms with Gasteiger partial charge >= 0.3 is 6.01 Å². The number of hydrogen-bond acceptors (Lipinski definition) is 8. The zero-order valence-electron chi connectivity index (χ0n) is 10.9. The van der Waals surface area contributed by atoms with E-state index in [1.807, 2.05) is 0 Å². The maximum Gasteiger partial charge on any atom is 0.322 e. The molecule has 1 fully saturated rings. The van der Waals surface area contributed by atoms with E-state index >= 15 is 0 Å². The van der Waals surface area contributed by atoms with Gasteiger partial charge in [-0.25, -0.2) is 5.84 Å². The molecule has 1 saturated heterocycles. The van der Waals surface area contributed by atoms with E-state index in [9.17, 15) is 0 Å². The van der Waals surface area contributed by atoms with Gasteiger partial charge in [0, 0.05) is 19.1 Å². The third-order valence-electron chi connectivity index (χ3n) is 3.09. The summed E-state index contributed by atoms with van der Waals surface area (Å²) >= 11 is 0. The van der Waals surface area contributed by atoms with Gasteiger partial charge in [-0.2, -0.15) is 15.0 Å². The van der Waals surface area contributed by atoms with Crippen LogP contribution in [0.5, 0.6) is 6.01 Å². The fourth-order valence-corrected chi connectivity index (χ4v) is 1.99. The van der Waals surface area contributed by atoms with Crippen LogP contribution >= 0.6 is 0 Å². The summed E-state index contributed by atoms with van der Waals surface area (Å²) in [5, 5.41) is 0. The third-order valence-corrected chi connectivity index (χ3v) is 3.09. The summed E-state index contributed by atoms with van der Waals surface area (Å²) in [6, 6.07) is 0.781. The zero-order chi connectivity index (χ0) is 13.1. The van der Waals surface area contributed by atoms with E-state index in [1.54, 1.807) is 0 Å². The minimum atomic E-state index is 0.265. The number of nitrogens with zero attached hydrogens (tertiary/aromatic N) is 5. The summed E-state index contributed by atoms with van der Waals surface area (Å²) in [6.07, 6.45) is 1.09. The van der Waals surface area contributed by atoms with Gasteiger partial charge < -0.3 is 14.5 Å². The van der Waals surface area contributed by atoms with Crippen molar-refractivity contribution in [1.82, 2.24) is 19.9 Å². The van der Waals surface area contributed by atoms with Gasteiger partial charge in [0.1, 0.15) is 0 Å². The second-order valence-electron chi connectivity index (χ2n) is 4.44. The maximum atomic E-state index is 5.33. The quantitative estimate of drug-likeness (QED) is 0.538. The molecule has 18 heavy (non-hydrogen) atoms. The van der Waals surface area contributed by atoms with E-state index in [2.05, 4.69) is 44.3 Å². The summed E-state index contributed by atoms with van der Waals surface area (Å²) in [6.45, 7) is 1.81. The van der Waals surface area contributed by atoms with Crippen LogP contribution in [0, 0.1) is 0 Å². The number of hydrogen-bond donors (Lipinski definition) is 2. The molecule has 1 aliphatic heterocycles. The van der Waals surface area contributed by atoms with Crippen LogP contribution in [-0.4, -0.2) is 60.2 Å². The van der Waals surface area contributed by atoms with E-state index in [4.69, 9.17) is 10.6 Å². The topological polar surface area (TPSA) is 92.4 Å². The maximum absolute atomic E-state index is 5.33. The number of nitrogen functional groups attached to an aromatic ring is 1. The lowest BCUT2D eigenvalue weighted by Crippen LogP contribution is -2.32. The van der Waals surface area contributed by atoms with Gasteiger partial charge in [0.25, 0.3) is 0 Å². The van der Waals surface area contributed by atoms with E-state index in [0.29, 0.717) is 17.9 Å². The molecule has 0 spiro atoms. The van der Waals surface area contributed by atoms with Gasteiger partial charge in [0.2, 0.25) is 11.9 Å². The van der Waals surface area contributed by atoms with Crippen LogP contribution in [0.3, 0.4) is 0 Å². The Hall–Kier alpha value is -1.67. The Morgan fingerprint density at radius 2 is 2.17 bits per heavy atom. The Morgan fingerprint density at radius 3 is 2.72 bits per heavy atom. The van der Waals surface area contributed by atoms with E-state index in [-0.39, 0.29) is 6.01 Å². The van der Waals surface area contributed by atoms with E-state index in [0.717, 1.165) is 19.5 Å². The van der Waals surface area contributed by atoms with Crippen molar-refractivity contribution in [3.05, 3.63) is 0 Å². The number of aromatic nitrogens is 3. The normalized spacial score (nSPS) is 19.4. The third kappa shape index (κ3) is 2.59. The lowest BCUT2D eigenvalue weighted by molar-refractivity contribution is 0.315. The number of hydrazine groups is 1. The highest BCUT2D eigenvalue weighted by Crippen LogP contribution is 2.20. The fourth-order valence-electron chi connectivity index (χ4n) is 1.99. The fraction of sp³-hybridized carbons (Fsp3) is 0.700. The molecule has 8 nitrogen and oxygen atoms in total. The highest BCUT2D eigenvalue weighted by molar-refractivity contribution is 5.39. The molecule has 8 heteroatoms. The number of anilines is 2. The largest absolute Gasteiger partial charge is 0.467 e. The molecule has 3 N–H and O–H groups in total. The molecule has 0 amide bonds. The average molecular weight is 253 g/mol. The van der Waals surface area contributed by atoms with Crippen LogP contribution in [0.4, 0.5) is 11.9 Å². The van der Waals surface area contributed by atoms with Crippen molar-refractivity contribution >= 4 is 11.9 Å². The molecular formula is C10H19N7O. The predicted molar refractivity (Wildman–Crippen MR) is 68.5 cm³/mol. The molecule has 2 rings (SSSR count). The van der Waals surface area contributed by atoms with Crippen LogP contribution in [0.25, 0.3) is 0 Å². The van der Waals surface area contributed by atoms with Crippen LogP contribution in [-0.2, 0) is 0 Å². The van der Waals surface area contributed by atoms with Gasteiger partial charge in [0.05, 0.1) is 7.11 Å². The minimum absolute atomic E-state index is 0.265. The SMILES string of the molecule is COc1nc(NN)nc(N2CCC(N(C)C)C2)n1. The summed E-state index contributed by atoms with van der Waals surface area (Å²) in [5.74, 6) is 6.24. The first kappa shape index (κ1) is 12.8. The molecular weight excluding hydrogens is 234 g/mol.